The number of likely N-dealkylation sites (tertiary alicyclic amines) is 1. The number of carbonyl (C=O) groups is 2. The van der Waals surface area contributed by atoms with Crippen molar-refractivity contribution in [3.63, 3.8) is 0 Å². The number of nitrogens with zero attached hydrogens (tertiary/aromatic N) is 1. The van der Waals surface area contributed by atoms with Gasteiger partial charge < -0.3 is 10.0 Å². The first-order valence-corrected chi connectivity index (χ1v) is 6.87. The number of amides is 1. The molecule has 0 bridgehead atoms. The molecule has 102 valence electrons. The molecule has 2 aliphatic rings. The summed E-state index contributed by atoms with van der Waals surface area (Å²) in [6, 6.07) is 0. The van der Waals surface area contributed by atoms with Crippen molar-refractivity contribution in [2.75, 3.05) is 13.1 Å². The SMILES string of the molecule is CC1CCCN(C(=O)C2C(C(=O)O)C2(C)C)CC1. The molecule has 1 amide bonds. The van der Waals surface area contributed by atoms with Gasteiger partial charge in [0.1, 0.15) is 0 Å². The van der Waals surface area contributed by atoms with E-state index in [1.54, 1.807) is 0 Å². The van der Waals surface area contributed by atoms with Crippen LogP contribution in [0.15, 0.2) is 0 Å². The quantitative estimate of drug-likeness (QED) is 0.818. The topological polar surface area (TPSA) is 57.6 Å². The summed E-state index contributed by atoms with van der Waals surface area (Å²) in [7, 11) is 0. The van der Waals surface area contributed by atoms with Gasteiger partial charge in [-0.25, -0.2) is 0 Å². The molecule has 1 N–H and O–H groups in total. The second kappa shape index (κ2) is 4.56. The van der Waals surface area contributed by atoms with E-state index in [1.165, 1.54) is 6.42 Å². The van der Waals surface area contributed by atoms with E-state index in [4.69, 9.17) is 5.11 Å². The van der Waals surface area contributed by atoms with Crippen LogP contribution in [-0.2, 0) is 9.59 Å². The maximum atomic E-state index is 12.4. The lowest BCUT2D eigenvalue weighted by atomic mass is 10.0. The van der Waals surface area contributed by atoms with Gasteiger partial charge in [0, 0.05) is 13.1 Å². The Morgan fingerprint density at radius 2 is 1.83 bits per heavy atom. The van der Waals surface area contributed by atoms with Crippen molar-refractivity contribution in [1.82, 2.24) is 4.90 Å². The third-order valence-corrected chi connectivity index (χ3v) is 4.69. The molecule has 0 aromatic carbocycles. The van der Waals surface area contributed by atoms with Crippen LogP contribution in [0, 0.1) is 23.2 Å². The lowest BCUT2D eigenvalue weighted by molar-refractivity contribution is -0.142. The van der Waals surface area contributed by atoms with Crippen molar-refractivity contribution in [3.8, 4) is 0 Å². The molecular weight excluding hydrogens is 230 g/mol. The van der Waals surface area contributed by atoms with Gasteiger partial charge in [-0.15, -0.1) is 0 Å². The van der Waals surface area contributed by atoms with Gasteiger partial charge in [0.05, 0.1) is 11.8 Å². The van der Waals surface area contributed by atoms with Gasteiger partial charge >= 0.3 is 5.97 Å². The highest BCUT2D eigenvalue weighted by Gasteiger charge is 2.66. The molecule has 2 rings (SSSR count). The molecule has 0 spiro atoms. The van der Waals surface area contributed by atoms with E-state index in [0.29, 0.717) is 5.92 Å². The third kappa shape index (κ3) is 2.25. The zero-order valence-electron chi connectivity index (χ0n) is 11.5. The van der Waals surface area contributed by atoms with Crippen LogP contribution in [-0.4, -0.2) is 35.0 Å². The highest BCUT2D eigenvalue weighted by atomic mass is 16.4. The second-order valence-electron chi connectivity index (χ2n) is 6.48. The summed E-state index contributed by atoms with van der Waals surface area (Å²) < 4.78 is 0. The van der Waals surface area contributed by atoms with Gasteiger partial charge in [-0.2, -0.15) is 0 Å². The van der Waals surface area contributed by atoms with Gasteiger partial charge in [0.2, 0.25) is 5.91 Å². The Balaban J connectivity index is 2.02. The highest BCUT2D eigenvalue weighted by Crippen LogP contribution is 2.59. The molecule has 0 radical (unpaired) electrons. The highest BCUT2D eigenvalue weighted by molar-refractivity contribution is 5.91. The van der Waals surface area contributed by atoms with Crippen molar-refractivity contribution in [2.45, 2.75) is 40.0 Å². The average molecular weight is 253 g/mol. The molecule has 4 nitrogen and oxygen atoms in total. The Kier molecular flexibility index (Phi) is 3.39. The zero-order valence-corrected chi connectivity index (χ0v) is 11.5. The maximum absolute atomic E-state index is 12.4. The molecule has 18 heavy (non-hydrogen) atoms. The van der Waals surface area contributed by atoms with Gasteiger partial charge in [-0.05, 0) is 30.6 Å². The summed E-state index contributed by atoms with van der Waals surface area (Å²) >= 11 is 0. The molecule has 1 aliphatic carbocycles. The van der Waals surface area contributed by atoms with Gasteiger partial charge in [0.15, 0.2) is 0 Å². The monoisotopic (exact) mass is 253 g/mol. The first-order valence-electron chi connectivity index (χ1n) is 6.87. The first kappa shape index (κ1) is 13.4. The Morgan fingerprint density at radius 3 is 2.39 bits per heavy atom. The van der Waals surface area contributed by atoms with E-state index >= 15 is 0 Å². The molecule has 1 aliphatic heterocycles. The second-order valence-corrected chi connectivity index (χ2v) is 6.48. The standard InChI is InChI=1S/C14H23NO3/c1-9-5-4-7-15(8-6-9)12(16)10-11(13(17)18)14(10,2)3/h9-11H,4-8H2,1-3H3,(H,17,18). The normalized spacial score (nSPS) is 34.8. The number of hydrogen-bond donors (Lipinski definition) is 1. The molecule has 3 atom stereocenters. The minimum Gasteiger partial charge on any atom is -0.481 e. The van der Waals surface area contributed by atoms with Crippen LogP contribution in [0.4, 0.5) is 0 Å². The van der Waals surface area contributed by atoms with E-state index in [-0.39, 0.29) is 17.2 Å². The molecule has 1 heterocycles. The molecule has 3 unspecified atom stereocenters. The maximum Gasteiger partial charge on any atom is 0.307 e. The van der Waals surface area contributed by atoms with E-state index in [2.05, 4.69) is 6.92 Å². The number of aliphatic carboxylic acids is 1. The van der Waals surface area contributed by atoms with Crippen molar-refractivity contribution in [3.05, 3.63) is 0 Å². The number of rotatable bonds is 2. The Hall–Kier alpha value is -1.06. The summed E-state index contributed by atoms with van der Waals surface area (Å²) in [6.45, 7) is 7.57. The van der Waals surface area contributed by atoms with Crippen molar-refractivity contribution >= 4 is 11.9 Å². The molecule has 1 saturated carbocycles. The molecule has 1 saturated heterocycles. The van der Waals surface area contributed by atoms with Crippen molar-refractivity contribution in [1.29, 1.82) is 0 Å². The van der Waals surface area contributed by atoms with Gasteiger partial charge in [-0.1, -0.05) is 20.8 Å². The van der Waals surface area contributed by atoms with E-state index in [0.717, 1.165) is 25.9 Å². The lowest BCUT2D eigenvalue weighted by Crippen LogP contribution is -2.34. The van der Waals surface area contributed by atoms with E-state index in [1.807, 2.05) is 18.7 Å². The minimum atomic E-state index is -0.832. The van der Waals surface area contributed by atoms with Crippen LogP contribution in [0.1, 0.15) is 40.0 Å². The molecular formula is C14H23NO3. The van der Waals surface area contributed by atoms with E-state index < -0.39 is 11.9 Å². The zero-order chi connectivity index (χ0) is 13.5. The fourth-order valence-electron chi connectivity index (χ4n) is 3.24. The molecule has 0 aromatic heterocycles. The van der Waals surface area contributed by atoms with Crippen LogP contribution in [0.3, 0.4) is 0 Å². The summed E-state index contributed by atoms with van der Waals surface area (Å²) in [4.78, 5) is 25.4. The fraction of sp³-hybridized carbons (Fsp3) is 0.857. The Morgan fingerprint density at radius 1 is 1.17 bits per heavy atom. The fourth-order valence-corrected chi connectivity index (χ4v) is 3.24. The Bertz CT molecular complexity index is 364. The van der Waals surface area contributed by atoms with Gasteiger partial charge in [-0.3, -0.25) is 9.59 Å². The average Bonchev–Trinajstić information content (AvgIpc) is 2.91. The van der Waals surface area contributed by atoms with Crippen molar-refractivity contribution in [2.24, 2.45) is 23.2 Å². The number of carboxylic acids is 1. The molecule has 2 fully saturated rings. The van der Waals surface area contributed by atoms with Crippen LogP contribution in [0.2, 0.25) is 0 Å². The summed E-state index contributed by atoms with van der Waals surface area (Å²) in [6.07, 6.45) is 3.24. The number of carboxylic acid groups (broad SMARTS) is 1. The third-order valence-electron chi connectivity index (χ3n) is 4.69. The van der Waals surface area contributed by atoms with E-state index in [9.17, 15) is 9.59 Å². The molecule has 4 heteroatoms. The van der Waals surface area contributed by atoms with Crippen LogP contribution in [0.25, 0.3) is 0 Å². The van der Waals surface area contributed by atoms with Crippen LogP contribution < -0.4 is 0 Å². The summed E-state index contributed by atoms with van der Waals surface area (Å²) in [5, 5.41) is 9.13. The minimum absolute atomic E-state index is 0.0569. The van der Waals surface area contributed by atoms with Crippen molar-refractivity contribution < 1.29 is 14.7 Å². The predicted molar refractivity (Wildman–Crippen MR) is 68.0 cm³/mol. The van der Waals surface area contributed by atoms with Crippen LogP contribution >= 0.6 is 0 Å². The lowest BCUT2D eigenvalue weighted by Gasteiger charge is -2.21. The predicted octanol–water partition coefficient (Wildman–Crippen LogP) is 1.99. The summed E-state index contributed by atoms with van der Waals surface area (Å²) in [5.74, 6) is -0.914. The number of hydrogen-bond acceptors (Lipinski definition) is 2. The number of carbonyl (C=O) groups excluding carboxylic acids is 1. The largest absolute Gasteiger partial charge is 0.481 e. The summed E-state index contributed by atoms with van der Waals surface area (Å²) in [5.41, 5.74) is -0.374. The Labute approximate surface area is 108 Å². The smallest absolute Gasteiger partial charge is 0.307 e. The van der Waals surface area contributed by atoms with Gasteiger partial charge in [0.25, 0.3) is 0 Å². The first-order chi connectivity index (χ1) is 8.35. The molecule has 0 aromatic rings. The van der Waals surface area contributed by atoms with Crippen LogP contribution in [0.5, 0.6) is 0 Å².